The molecule has 0 aromatic heterocycles. The van der Waals surface area contributed by atoms with Crippen LogP contribution in [0.25, 0.3) is 0 Å². The average Bonchev–Trinajstić information content (AvgIpc) is 2.25. The lowest BCUT2D eigenvalue weighted by atomic mass is 10.3. The molecule has 0 bridgehead atoms. The zero-order valence-electron chi connectivity index (χ0n) is 9.12. The third kappa shape index (κ3) is 2.58. The first-order valence-electron chi connectivity index (χ1n) is 4.51. The van der Waals surface area contributed by atoms with Crippen molar-refractivity contribution in [3.8, 4) is 0 Å². The summed E-state index contributed by atoms with van der Waals surface area (Å²) in [6.07, 6.45) is 0. The lowest BCUT2D eigenvalue weighted by Gasteiger charge is -2.09. The molecule has 0 aliphatic rings. The van der Waals surface area contributed by atoms with E-state index in [2.05, 4.69) is 0 Å². The van der Waals surface area contributed by atoms with Gasteiger partial charge in [-0.2, -0.15) is 8.42 Å². The van der Waals surface area contributed by atoms with Gasteiger partial charge in [-0.3, -0.25) is 4.55 Å². The van der Waals surface area contributed by atoms with Crippen LogP contribution in [0.3, 0.4) is 0 Å². The van der Waals surface area contributed by atoms with Crippen LogP contribution in [0.5, 0.6) is 0 Å². The van der Waals surface area contributed by atoms with E-state index in [-0.39, 0.29) is 0 Å². The van der Waals surface area contributed by atoms with E-state index < -0.39 is 58.8 Å². The Hall–Kier alpha value is -1.20. The number of hydrogen-bond donors (Lipinski definition) is 1. The van der Waals surface area contributed by atoms with Gasteiger partial charge < -0.3 is 0 Å². The van der Waals surface area contributed by atoms with E-state index in [1.165, 1.54) is 0 Å². The molecule has 0 radical (unpaired) electrons. The zero-order chi connectivity index (χ0) is 15.2. The van der Waals surface area contributed by atoms with Crippen molar-refractivity contribution in [3.63, 3.8) is 0 Å². The monoisotopic (exact) mass is 322 g/mol. The van der Waals surface area contributed by atoms with E-state index in [9.17, 15) is 34.4 Å². The molecule has 0 unspecified atom stereocenters. The lowest BCUT2D eigenvalue weighted by molar-refractivity contribution is 0.380. The van der Waals surface area contributed by atoms with Gasteiger partial charge in [-0.25, -0.2) is 26.0 Å². The number of hydrogen-bond acceptors (Lipinski definition) is 4. The number of sulfone groups is 1. The normalized spacial score (nSPS) is 12.7. The molecule has 5 nitrogen and oxygen atoms in total. The number of rotatable bonds is 3. The Kier molecular flexibility index (Phi) is 3.94. The molecule has 0 heterocycles. The SMILES string of the molecule is CCS(=O)(=O)c1c(F)c(F)c(S(=O)(=O)O)c(F)c1F. The highest BCUT2D eigenvalue weighted by molar-refractivity contribution is 7.91. The Labute approximate surface area is 105 Å². The van der Waals surface area contributed by atoms with Crippen LogP contribution in [-0.4, -0.2) is 27.1 Å². The van der Waals surface area contributed by atoms with Gasteiger partial charge in [-0.1, -0.05) is 6.92 Å². The fourth-order valence-corrected chi connectivity index (χ4v) is 2.88. The first-order valence-corrected chi connectivity index (χ1v) is 7.60. The van der Waals surface area contributed by atoms with E-state index >= 15 is 0 Å². The molecule has 1 N–H and O–H groups in total. The van der Waals surface area contributed by atoms with Crippen LogP contribution in [-0.2, 0) is 20.0 Å². The van der Waals surface area contributed by atoms with Crippen LogP contribution in [0.2, 0.25) is 0 Å². The molecular formula is C8H6F4O5S2. The summed E-state index contributed by atoms with van der Waals surface area (Å²) < 4.78 is 106. The molecule has 1 aromatic carbocycles. The summed E-state index contributed by atoms with van der Waals surface area (Å²) in [6.45, 7) is 0.959. The average molecular weight is 322 g/mol. The Morgan fingerprint density at radius 1 is 0.842 bits per heavy atom. The molecule has 0 saturated carbocycles. The molecule has 0 aliphatic heterocycles. The quantitative estimate of drug-likeness (QED) is 0.514. The van der Waals surface area contributed by atoms with Gasteiger partial charge in [-0.15, -0.1) is 0 Å². The Bertz CT molecular complexity index is 710. The van der Waals surface area contributed by atoms with Crippen molar-refractivity contribution in [2.45, 2.75) is 16.7 Å². The molecule has 19 heavy (non-hydrogen) atoms. The maximum atomic E-state index is 13.4. The Balaban J connectivity index is 3.99. The van der Waals surface area contributed by atoms with Crippen molar-refractivity contribution in [2.24, 2.45) is 0 Å². The molecule has 0 spiro atoms. The maximum Gasteiger partial charge on any atom is 0.300 e. The van der Waals surface area contributed by atoms with Crippen LogP contribution in [0, 0.1) is 23.3 Å². The predicted octanol–water partition coefficient (Wildman–Crippen LogP) is 1.28. The Morgan fingerprint density at radius 3 is 1.42 bits per heavy atom. The van der Waals surface area contributed by atoms with E-state index in [4.69, 9.17) is 4.55 Å². The van der Waals surface area contributed by atoms with Gasteiger partial charge in [0.2, 0.25) is 0 Å². The van der Waals surface area contributed by atoms with Crippen LogP contribution in [0.4, 0.5) is 17.6 Å². The first kappa shape index (κ1) is 15.9. The van der Waals surface area contributed by atoms with Crippen LogP contribution in [0.15, 0.2) is 9.79 Å². The van der Waals surface area contributed by atoms with Gasteiger partial charge in [0.1, 0.15) is 4.90 Å². The molecule has 1 rings (SSSR count). The van der Waals surface area contributed by atoms with Crippen molar-refractivity contribution in [1.29, 1.82) is 0 Å². The van der Waals surface area contributed by atoms with E-state index in [0.717, 1.165) is 6.92 Å². The molecule has 0 amide bonds. The molecule has 0 saturated heterocycles. The second kappa shape index (κ2) is 4.72. The molecule has 11 heteroatoms. The predicted molar refractivity (Wildman–Crippen MR) is 53.8 cm³/mol. The highest BCUT2D eigenvalue weighted by Crippen LogP contribution is 2.30. The molecule has 0 aliphatic carbocycles. The zero-order valence-corrected chi connectivity index (χ0v) is 10.7. The maximum absolute atomic E-state index is 13.4. The minimum absolute atomic E-state index is 0.870. The fourth-order valence-electron chi connectivity index (χ4n) is 1.24. The van der Waals surface area contributed by atoms with Crippen molar-refractivity contribution < 1.29 is 39.0 Å². The summed E-state index contributed by atoms with van der Waals surface area (Å²) in [5.41, 5.74) is 0. The third-order valence-corrected chi connectivity index (χ3v) is 4.75. The summed E-state index contributed by atoms with van der Waals surface area (Å²) in [5, 5.41) is 0. The van der Waals surface area contributed by atoms with Gasteiger partial charge in [0.25, 0.3) is 0 Å². The third-order valence-electron chi connectivity index (χ3n) is 2.13. The van der Waals surface area contributed by atoms with Gasteiger partial charge in [-0.05, 0) is 0 Å². The topological polar surface area (TPSA) is 88.5 Å². The number of halogens is 4. The minimum atomic E-state index is -5.60. The summed E-state index contributed by atoms with van der Waals surface area (Å²) in [4.78, 5) is -4.20. The van der Waals surface area contributed by atoms with E-state index in [1.807, 2.05) is 0 Å². The van der Waals surface area contributed by atoms with Gasteiger partial charge >= 0.3 is 10.1 Å². The molecular weight excluding hydrogens is 316 g/mol. The largest absolute Gasteiger partial charge is 0.300 e. The van der Waals surface area contributed by atoms with E-state index in [0.29, 0.717) is 0 Å². The van der Waals surface area contributed by atoms with Crippen molar-refractivity contribution >= 4 is 20.0 Å². The van der Waals surface area contributed by atoms with Gasteiger partial charge in [0.15, 0.2) is 38.0 Å². The summed E-state index contributed by atoms with van der Waals surface area (Å²) in [7, 11) is -10.3. The minimum Gasteiger partial charge on any atom is -0.282 e. The van der Waals surface area contributed by atoms with E-state index in [1.54, 1.807) is 0 Å². The van der Waals surface area contributed by atoms with Crippen LogP contribution >= 0.6 is 0 Å². The molecule has 1 aromatic rings. The number of benzene rings is 1. The Morgan fingerprint density at radius 2 is 1.16 bits per heavy atom. The highest BCUT2D eigenvalue weighted by atomic mass is 32.2. The van der Waals surface area contributed by atoms with Gasteiger partial charge in [0.05, 0.1) is 5.75 Å². The van der Waals surface area contributed by atoms with Crippen LogP contribution < -0.4 is 0 Å². The standard InChI is InChI=1S/C8H6F4O5S2/c1-2-18(13,14)7-3(9)5(11)8(19(15,16)17)6(12)4(7)10/h2H2,1H3,(H,15,16,17). The fraction of sp³-hybridized carbons (Fsp3) is 0.250. The summed E-state index contributed by atoms with van der Waals surface area (Å²) in [5.74, 6) is -10.7. The molecule has 0 atom stereocenters. The smallest absolute Gasteiger partial charge is 0.282 e. The summed E-state index contributed by atoms with van der Waals surface area (Å²) in [6, 6.07) is 0. The van der Waals surface area contributed by atoms with Crippen molar-refractivity contribution in [2.75, 3.05) is 5.75 Å². The van der Waals surface area contributed by atoms with Crippen molar-refractivity contribution in [3.05, 3.63) is 23.3 Å². The second-order valence-corrected chi connectivity index (χ2v) is 6.87. The van der Waals surface area contributed by atoms with Crippen molar-refractivity contribution in [1.82, 2.24) is 0 Å². The lowest BCUT2D eigenvalue weighted by Crippen LogP contribution is -2.17. The highest BCUT2D eigenvalue weighted by Gasteiger charge is 2.36. The van der Waals surface area contributed by atoms with Crippen LogP contribution in [0.1, 0.15) is 6.92 Å². The summed E-state index contributed by atoms with van der Waals surface area (Å²) >= 11 is 0. The van der Waals surface area contributed by atoms with Gasteiger partial charge in [0, 0.05) is 0 Å². The second-order valence-electron chi connectivity index (χ2n) is 3.29. The molecule has 108 valence electrons. The molecule has 0 fully saturated rings. The first-order chi connectivity index (χ1) is 8.45.